The summed E-state index contributed by atoms with van der Waals surface area (Å²) in [5.41, 5.74) is 2.55. The second kappa shape index (κ2) is 8.89. The molecule has 0 amide bonds. The molecule has 28 heavy (non-hydrogen) atoms. The monoisotopic (exact) mass is 398 g/mol. The summed E-state index contributed by atoms with van der Waals surface area (Å²) in [6, 6.07) is 12.7. The first-order valence-electron chi connectivity index (χ1n) is 9.21. The maximum atomic E-state index is 11.5. The molecule has 1 aromatic heterocycles. The van der Waals surface area contributed by atoms with Gasteiger partial charge in [0.15, 0.2) is 0 Å². The van der Waals surface area contributed by atoms with Crippen molar-refractivity contribution in [2.45, 2.75) is 26.3 Å². The third kappa shape index (κ3) is 4.70. The minimum Gasteiger partial charge on any atom is -0.379 e. The molecule has 0 aliphatic rings. The molecule has 0 bridgehead atoms. The summed E-state index contributed by atoms with van der Waals surface area (Å²) < 4.78 is 1.97. The Hall–Kier alpha value is -2.86. The third-order valence-corrected chi connectivity index (χ3v) is 4.83. The fourth-order valence-electron chi connectivity index (χ4n) is 3.12. The van der Waals surface area contributed by atoms with Crippen molar-refractivity contribution in [1.29, 1.82) is 0 Å². The summed E-state index contributed by atoms with van der Waals surface area (Å²) in [5.74, 6) is 0.516. The van der Waals surface area contributed by atoms with Crippen LogP contribution in [0, 0.1) is 16.0 Å². The van der Waals surface area contributed by atoms with Gasteiger partial charge < -0.3 is 9.88 Å². The summed E-state index contributed by atoms with van der Waals surface area (Å²) in [5, 5.41) is 15.4. The van der Waals surface area contributed by atoms with Crippen LogP contribution >= 0.6 is 11.6 Å². The average molecular weight is 399 g/mol. The largest absolute Gasteiger partial charge is 0.379 e. The Kier molecular flexibility index (Phi) is 6.31. The summed E-state index contributed by atoms with van der Waals surface area (Å²) in [6.07, 6.45) is 6.28. The van der Waals surface area contributed by atoms with Crippen LogP contribution in [0.15, 0.2) is 61.2 Å². The molecule has 146 valence electrons. The zero-order valence-electron chi connectivity index (χ0n) is 15.9. The van der Waals surface area contributed by atoms with Gasteiger partial charge >= 0.3 is 0 Å². The molecular weight excluding hydrogens is 376 g/mol. The van der Waals surface area contributed by atoms with Crippen molar-refractivity contribution >= 4 is 23.0 Å². The van der Waals surface area contributed by atoms with Gasteiger partial charge in [-0.3, -0.25) is 10.1 Å². The van der Waals surface area contributed by atoms with E-state index in [9.17, 15) is 10.1 Å². The molecule has 2 aromatic carbocycles. The maximum Gasteiger partial charge on any atom is 0.292 e. The SMILES string of the molecule is CC(C)CCNc1cc(C(c2ccc(Cl)cc2)n2ccnc2)ccc1[N+](=O)[O-]. The first-order chi connectivity index (χ1) is 13.5. The quantitative estimate of drug-likeness (QED) is 0.399. The Morgan fingerprint density at radius 2 is 1.89 bits per heavy atom. The number of rotatable bonds is 8. The minimum atomic E-state index is -0.351. The normalized spacial score (nSPS) is 12.1. The highest BCUT2D eigenvalue weighted by molar-refractivity contribution is 6.30. The molecule has 1 heterocycles. The highest BCUT2D eigenvalue weighted by Crippen LogP contribution is 2.33. The molecule has 1 atom stereocenters. The standard InChI is InChI=1S/C21H23ClN4O2/c1-15(2)9-10-24-19-13-17(5-8-20(19)26(27)28)21(25-12-11-23-14-25)16-3-6-18(22)7-4-16/h3-8,11-15,21,24H,9-10H2,1-2H3. The fourth-order valence-corrected chi connectivity index (χ4v) is 3.25. The molecule has 0 aliphatic carbocycles. The Labute approximate surface area is 169 Å². The minimum absolute atomic E-state index is 0.0768. The van der Waals surface area contributed by atoms with E-state index >= 15 is 0 Å². The van der Waals surface area contributed by atoms with Crippen molar-refractivity contribution in [1.82, 2.24) is 9.55 Å². The molecule has 1 N–H and O–H groups in total. The second-order valence-electron chi connectivity index (χ2n) is 7.11. The van der Waals surface area contributed by atoms with Crippen LogP contribution in [0.3, 0.4) is 0 Å². The molecule has 0 saturated carbocycles. The van der Waals surface area contributed by atoms with E-state index in [1.807, 2.05) is 41.1 Å². The highest BCUT2D eigenvalue weighted by atomic mass is 35.5. The molecular formula is C21H23ClN4O2. The van der Waals surface area contributed by atoms with Gasteiger partial charge in [-0.05, 0) is 47.7 Å². The van der Waals surface area contributed by atoms with Gasteiger partial charge in [0, 0.05) is 30.0 Å². The van der Waals surface area contributed by atoms with Crippen molar-refractivity contribution in [3.05, 3.63) is 87.4 Å². The van der Waals surface area contributed by atoms with E-state index in [1.54, 1.807) is 24.7 Å². The number of nitro groups is 1. The summed E-state index contributed by atoms with van der Waals surface area (Å²) in [7, 11) is 0. The number of hydrogen-bond acceptors (Lipinski definition) is 4. The van der Waals surface area contributed by atoms with Crippen LogP contribution < -0.4 is 5.32 Å². The fraction of sp³-hybridized carbons (Fsp3) is 0.286. The van der Waals surface area contributed by atoms with E-state index in [0.29, 0.717) is 23.2 Å². The van der Waals surface area contributed by atoms with Crippen molar-refractivity contribution in [3.63, 3.8) is 0 Å². The van der Waals surface area contributed by atoms with Crippen molar-refractivity contribution in [3.8, 4) is 0 Å². The number of nitrogens with zero attached hydrogens (tertiary/aromatic N) is 3. The van der Waals surface area contributed by atoms with E-state index in [1.165, 1.54) is 0 Å². The predicted molar refractivity (Wildman–Crippen MR) is 112 cm³/mol. The summed E-state index contributed by atoms with van der Waals surface area (Å²) >= 11 is 6.05. The smallest absolute Gasteiger partial charge is 0.292 e. The van der Waals surface area contributed by atoms with Gasteiger partial charge in [0.1, 0.15) is 5.69 Å². The Balaban J connectivity index is 2.02. The lowest BCUT2D eigenvalue weighted by atomic mass is 9.97. The number of benzene rings is 2. The Morgan fingerprint density at radius 3 is 2.50 bits per heavy atom. The molecule has 0 spiro atoms. The van der Waals surface area contributed by atoms with E-state index in [4.69, 9.17) is 11.6 Å². The second-order valence-corrected chi connectivity index (χ2v) is 7.54. The molecule has 0 radical (unpaired) electrons. The van der Waals surface area contributed by atoms with Crippen LogP contribution in [-0.4, -0.2) is 21.0 Å². The lowest BCUT2D eigenvalue weighted by molar-refractivity contribution is -0.384. The van der Waals surface area contributed by atoms with Gasteiger partial charge in [-0.15, -0.1) is 0 Å². The molecule has 0 aliphatic heterocycles. The lowest BCUT2D eigenvalue weighted by Gasteiger charge is -2.21. The van der Waals surface area contributed by atoms with Crippen molar-refractivity contribution in [2.75, 3.05) is 11.9 Å². The zero-order valence-corrected chi connectivity index (χ0v) is 16.6. The number of nitrogens with one attached hydrogen (secondary N) is 1. The van der Waals surface area contributed by atoms with E-state index in [-0.39, 0.29) is 16.7 Å². The average Bonchev–Trinajstić information content (AvgIpc) is 3.17. The number of halogens is 1. The third-order valence-electron chi connectivity index (χ3n) is 4.58. The van der Waals surface area contributed by atoms with Crippen LogP contribution in [0.5, 0.6) is 0 Å². The van der Waals surface area contributed by atoms with E-state index in [2.05, 4.69) is 24.1 Å². The highest BCUT2D eigenvalue weighted by Gasteiger charge is 2.21. The number of anilines is 1. The lowest BCUT2D eigenvalue weighted by Crippen LogP contribution is -2.12. The van der Waals surface area contributed by atoms with Crippen LogP contribution in [0.25, 0.3) is 0 Å². The van der Waals surface area contributed by atoms with Gasteiger partial charge in [-0.25, -0.2) is 4.98 Å². The van der Waals surface area contributed by atoms with Crippen LogP contribution in [0.2, 0.25) is 5.02 Å². The van der Waals surface area contributed by atoms with Crippen molar-refractivity contribution < 1.29 is 4.92 Å². The number of nitro benzene ring substituents is 1. The van der Waals surface area contributed by atoms with Crippen LogP contribution in [0.4, 0.5) is 11.4 Å². The molecule has 0 fully saturated rings. The number of imidazole rings is 1. The number of hydrogen-bond donors (Lipinski definition) is 1. The molecule has 7 heteroatoms. The van der Waals surface area contributed by atoms with Gasteiger partial charge in [-0.1, -0.05) is 37.6 Å². The van der Waals surface area contributed by atoms with E-state index < -0.39 is 0 Å². The van der Waals surface area contributed by atoms with Gasteiger partial charge in [0.05, 0.1) is 17.3 Å². The van der Waals surface area contributed by atoms with Gasteiger partial charge in [0.25, 0.3) is 5.69 Å². The predicted octanol–water partition coefficient (Wildman–Crippen LogP) is 5.54. The van der Waals surface area contributed by atoms with Crippen LogP contribution in [0.1, 0.15) is 37.4 Å². The van der Waals surface area contributed by atoms with Gasteiger partial charge in [0.2, 0.25) is 0 Å². The maximum absolute atomic E-state index is 11.5. The molecule has 0 saturated heterocycles. The first kappa shape index (κ1) is 19.9. The Morgan fingerprint density at radius 1 is 1.18 bits per heavy atom. The zero-order chi connectivity index (χ0) is 20.1. The Bertz CT molecular complexity index is 924. The summed E-state index contributed by atoms with van der Waals surface area (Å²) in [4.78, 5) is 15.3. The first-order valence-corrected chi connectivity index (χ1v) is 9.58. The van der Waals surface area contributed by atoms with Gasteiger partial charge in [-0.2, -0.15) is 0 Å². The van der Waals surface area contributed by atoms with Crippen molar-refractivity contribution in [2.24, 2.45) is 5.92 Å². The molecule has 6 nitrogen and oxygen atoms in total. The molecule has 1 unspecified atom stereocenters. The summed E-state index contributed by atoms with van der Waals surface area (Å²) in [6.45, 7) is 4.93. The van der Waals surface area contributed by atoms with Crippen LogP contribution in [-0.2, 0) is 0 Å². The molecule has 3 rings (SSSR count). The van der Waals surface area contributed by atoms with E-state index in [0.717, 1.165) is 17.5 Å². The topological polar surface area (TPSA) is 73.0 Å². The number of aromatic nitrogens is 2. The molecule has 3 aromatic rings.